The minimum Gasteiger partial charge on any atom is -0.456 e. The van der Waals surface area contributed by atoms with E-state index in [1.54, 1.807) is 45.0 Å². The molecule has 1 heterocycles. The molecule has 0 atom stereocenters. The van der Waals surface area contributed by atoms with Gasteiger partial charge >= 0.3 is 5.97 Å². The van der Waals surface area contributed by atoms with Gasteiger partial charge in [-0.1, -0.05) is 28.9 Å². The molecule has 0 radical (unpaired) electrons. The molecule has 4 nitrogen and oxygen atoms in total. The zero-order chi connectivity index (χ0) is 14.9. The average Bonchev–Trinajstić information content (AvgIpc) is 2.69. The standard InChI is InChI=1S/C14H13BrClNO3/c1-14(2,3)19-13(18)10-11(17-20-12(10)15)8-5-4-6-9(16)7-8/h4-7H,1-3H3. The van der Waals surface area contributed by atoms with Gasteiger partial charge in [-0.05, 0) is 48.8 Å². The molecule has 1 aromatic heterocycles. The maximum absolute atomic E-state index is 12.2. The van der Waals surface area contributed by atoms with E-state index in [1.165, 1.54) is 0 Å². The van der Waals surface area contributed by atoms with Crippen LogP contribution in [0.4, 0.5) is 0 Å². The predicted molar refractivity (Wildman–Crippen MR) is 79.8 cm³/mol. The van der Waals surface area contributed by atoms with Crippen LogP contribution < -0.4 is 0 Å². The Hall–Kier alpha value is -1.33. The fourth-order valence-corrected chi connectivity index (χ4v) is 2.22. The van der Waals surface area contributed by atoms with Crippen LogP contribution in [-0.4, -0.2) is 16.7 Å². The van der Waals surface area contributed by atoms with E-state index in [-0.39, 0.29) is 10.2 Å². The van der Waals surface area contributed by atoms with Gasteiger partial charge in [-0.3, -0.25) is 0 Å². The fraction of sp³-hybridized carbons (Fsp3) is 0.286. The monoisotopic (exact) mass is 357 g/mol. The summed E-state index contributed by atoms with van der Waals surface area (Å²) < 4.78 is 10.6. The first-order valence-corrected chi connectivity index (χ1v) is 7.09. The molecule has 2 aromatic rings. The lowest BCUT2D eigenvalue weighted by molar-refractivity contribution is 0.00683. The van der Waals surface area contributed by atoms with Gasteiger partial charge in [-0.2, -0.15) is 0 Å². The number of hydrogen-bond acceptors (Lipinski definition) is 4. The Morgan fingerprint density at radius 3 is 2.70 bits per heavy atom. The van der Waals surface area contributed by atoms with Crippen molar-refractivity contribution in [3.05, 3.63) is 39.5 Å². The van der Waals surface area contributed by atoms with E-state index in [4.69, 9.17) is 20.9 Å². The number of aromatic nitrogens is 1. The van der Waals surface area contributed by atoms with E-state index in [0.717, 1.165) is 0 Å². The van der Waals surface area contributed by atoms with Gasteiger partial charge in [0.2, 0.25) is 4.67 Å². The number of carbonyl (C=O) groups is 1. The van der Waals surface area contributed by atoms with E-state index < -0.39 is 11.6 Å². The molecule has 0 amide bonds. The second kappa shape index (κ2) is 5.58. The molecule has 1 aromatic carbocycles. The normalized spacial score (nSPS) is 11.4. The zero-order valence-corrected chi connectivity index (χ0v) is 13.6. The Kier molecular flexibility index (Phi) is 4.20. The Morgan fingerprint density at radius 2 is 2.10 bits per heavy atom. The number of esters is 1. The lowest BCUT2D eigenvalue weighted by atomic mass is 10.1. The molecule has 0 saturated carbocycles. The number of carbonyl (C=O) groups excluding carboxylic acids is 1. The van der Waals surface area contributed by atoms with E-state index in [9.17, 15) is 4.79 Å². The first-order valence-electron chi connectivity index (χ1n) is 5.92. The summed E-state index contributed by atoms with van der Waals surface area (Å²) in [6.45, 7) is 5.39. The van der Waals surface area contributed by atoms with E-state index in [2.05, 4.69) is 21.1 Å². The minimum absolute atomic E-state index is 0.238. The number of halogens is 2. The van der Waals surface area contributed by atoms with Crippen molar-refractivity contribution in [2.24, 2.45) is 0 Å². The van der Waals surface area contributed by atoms with Crippen LogP contribution in [-0.2, 0) is 4.74 Å². The Bertz CT molecular complexity index is 646. The van der Waals surface area contributed by atoms with Crippen LogP contribution in [0.1, 0.15) is 31.1 Å². The van der Waals surface area contributed by atoms with Crippen LogP contribution >= 0.6 is 27.5 Å². The molecular formula is C14H13BrClNO3. The molecule has 20 heavy (non-hydrogen) atoms. The van der Waals surface area contributed by atoms with Crippen LogP contribution in [0.25, 0.3) is 11.3 Å². The van der Waals surface area contributed by atoms with Crippen LogP contribution in [0, 0.1) is 0 Å². The second-order valence-electron chi connectivity index (χ2n) is 5.19. The summed E-state index contributed by atoms with van der Waals surface area (Å²) in [6, 6.07) is 7.02. The third kappa shape index (κ3) is 3.41. The van der Waals surface area contributed by atoms with Gasteiger partial charge in [0.15, 0.2) is 0 Å². The van der Waals surface area contributed by atoms with Gasteiger partial charge < -0.3 is 9.26 Å². The van der Waals surface area contributed by atoms with Gasteiger partial charge in [0.1, 0.15) is 16.9 Å². The summed E-state index contributed by atoms with van der Waals surface area (Å²) in [5.41, 5.74) is 0.739. The molecule has 0 aliphatic heterocycles. The van der Waals surface area contributed by atoms with Gasteiger partial charge in [-0.15, -0.1) is 0 Å². The molecule has 0 spiro atoms. The lowest BCUT2D eigenvalue weighted by Gasteiger charge is -2.19. The first-order chi connectivity index (χ1) is 9.28. The molecule has 0 bridgehead atoms. The highest BCUT2D eigenvalue weighted by Gasteiger charge is 2.27. The van der Waals surface area contributed by atoms with Crippen molar-refractivity contribution in [1.82, 2.24) is 5.16 Å². The number of nitrogens with zero attached hydrogens (tertiary/aromatic N) is 1. The number of hydrogen-bond donors (Lipinski definition) is 0. The van der Waals surface area contributed by atoms with Crippen LogP contribution in [0.3, 0.4) is 0 Å². The third-order valence-electron chi connectivity index (χ3n) is 2.35. The molecule has 2 rings (SSSR count). The molecular weight excluding hydrogens is 346 g/mol. The van der Waals surface area contributed by atoms with Gasteiger partial charge in [0, 0.05) is 10.6 Å². The minimum atomic E-state index is -0.598. The van der Waals surface area contributed by atoms with Crippen molar-refractivity contribution in [2.45, 2.75) is 26.4 Å². The second-order valence-corrected chi connectivity index (χ2v) is 6.35. The summed E-state index contributed by atoms with van der Waals surface area (Å²) in [4.78, 5) is 12.2. The van der Waals surface area contributed by atoms with Crippen molar-refractivity contribution in [2.75, 3.05) is 0 Å². The highest BCUT2D eigenvalue weighted by molar-refractivity contribution is 9.10. The maximum atomic E-state index is 12.2. The largest absolute Gasteiger partial charge is 0.456 e. The van der Waals surface area contributed by atoms with E-state index >= 15 is 0 Å². The van der Waals surface area contributed by atoms with Gasteiger partial charge in [0.25, 0.3) is 0 Å². The maximum Gasteiger partial charge on any atom is 0.345 e. The molecule has 0 unspecified atom stereocenters. The summed E-state index contributed by atoms with van der Waals surface area (Å²) in [6.07, 6.45) is 0. The fourth-order valence-electron chi connectivity index (χ4n) is 1.61. The van der Waals surface area contributed by atoms with Crippen LogP contribution in [0.5, 0.6) is 0 Å². The number of benzene rings is 1. The van der Waals surface area contributed by atoms with E-state index in [1.807, 2.05) is 0 Å². The highest BCUT2D eigenvalue weighted by atomic mass is 79.9. The van der Waals surface area contributed by atoms with Crippen LogP contribution in [0.2, 0.25) is 5.02 Å². The predicted octanol–water partition coefficient (Wildman–Crippen LogP) is 4.71. The SMILES string of the molecule is CC(C)(C)OC(=O)c1c(-c2cccc(Cl)c2)noc1Br. The van der Waals surface area contributed by atoms with Gasteiger partial charge in [0.05, 0.1) is 0 Å². The third-order valence-corrected chi connectivity index (χ3v) is 3.13. The molecule has 6 heteroatoms. The van der Waals surface area contributed by atoms with E-state index in [0.29, 0.717) is 16.3 Å². The Balaban J connectivity index is 2.45. The summed E-state index contributed by atoms with van der Waals surface area (Å²) in [7, 11) is 0. The molecule has 0 N–H and O–H groups in total. The quantitative estimate of drug-likeness (QED) is 0.729. The molecule has 0 saturated heterocycles. The van der Waals surface area contributed by atoms with Crippen molar-refractivity contribution in [3.8, 4) is 11.3 Å². The summed E-state index contributed by atoms with van der Waals surface area (Å²) >= 11 is 9.13. The van der Waals surface area contributed by atoms with Gasteiger partial charge in [-0.25, -0.2) is 4.79 Å². The Morgan fingerprint density at radius 1 is 1.40 bits per heavy atom. The molecule has 0 fully saturated rings. The Labute approximate surface area is 130 Å². The zero-order valence-electron chi connectivity index (χ0n) is 11.2. The number of ether oxygens (including phenoxy) is 1. The smallest absolute Gasteiger partial charge is 0.345 e. The highest BCUT2D eigenvalue weighted by Crippen LogP contribution is 2.31. The molecule has 0 aliphatic rings. The topological polar surface area (TPSA) is 52.3 Å². The van der Waals surface area contributed by atoms with Crippen molar-refractivity contribution in [3.63, 3.8) is 0 Å². The lowest BCUT2D eigenvalue weighted by Crippen LogP contribution is -2.24. The molecule has 0 aliphatic carbocycles. The van der Waals surface area contributed by atoms with Crippen LogP contribution in [0.15, 0.2) is 33.5 Å². The number of rotatable bonds is 2. The average molecular weight is 359 g/mol. The summed E-state index contributed by atoms with van der Waals surface area (Å²) in [5, 5.41) is 4.45. The van der Waals surface area contributed by atoms with Crippen molar-refractivity contribution in [1.29, 1.82) is 0 Å². The summed E-state index contributed by atoms with van der Waals surface area (Å²) in [5.74, 6) is -0.499. The van der Waals surface area contributed by atoms with Crippen molar-refractivity contribution < 1.29 is 14.1 Å². The van der Waals surface area contributed by atoms with Crippen molar-refractivity contribution >= 4 is 33.5 Å². The molecule has 106 valence electrons. The first kappa shape index (κ1) is 15.1.